The third-order valence-corrected chi connectivity index (χ3v) is 6.84. The first kappa shape index (κ1) is 25.3. The summed E-state index contributed by atoms with van der Waals surface area (Å²) in [5.41, 5.74) is 3.11. The van der Waals surface area contributed by atoms with Gasteiger partial charge in [0.15, 0.2) is 11.0 Å². The van der Waals surface area contributed by atoms with Gasteiger partial charge in [0.1, 0.15) is 12.4 Å². The molecule has 4 rings (SSSR count). The minimum absolute atomic E-state index is 0.0800. The zero-order valence-corrected chi connectivity index (χ0v) is 21.3. The summed E-state index contributed by atoms with van der Waals surface area (Å²) in [5.74, 6) is 1.41. The monoisotopic (exact) mass is 498 g/mol. The number of allylic oxidation sites excluding steroid dienone is 1. The van der Waals surface area contributed by atoms with E-state index < -0.39 is 5.25 Å². The molecule has 0 fully saturated rings. The molecule has 0 unspecified atom stereocenters. The Hall–Kier alpha value is -3.84. The van der Waals surface area contributed by atoms with Gasteiger partial charge in [-0.25, -0.2) is 0 Å². The fourth-order valence-electron chi connectivity index (χ4n) is 3.81. The summed E-state index contributed by atoms with van der Waals surface area (Å²) in [7, 11) is 0. The number of hydrogen-bond acceptors (Lipinski definition) is 5. The molecule has 1 atom stereocenters. The van der Waals surface area contributed by atoms with E-state index >= 15 is 0 Å². The molecule has 0 spiro atoms. The molecule has 1 amide bonds. The lowest BCUT2D eigenvalue weighted by Gasteiger charge is -2.22. The number of ether oxygens (including phenoxy) is 1. The maximum absolute atomic E-state index is 13.3. The largest absolute Gasteiger partial charge is 0.485 e. The van der Waals surface area contributed by atoms with Gasteiger partial charge in [-0.2, -0.15) is 0 Å². The van der Waals surface area contributed by atoms with E-state index in [1.165, 1.54) is 11.8 Å². The van der Waals surface area contributed by atoms with Gasteiger partial charge in [0.25, 0.3) is 0 Å². The van der Waals surface area contributed by atoms with Gasteiger partial charge in [0.05, 0.1) is 11.3 Å². The Morgan fingerprint density at radius 3 is 2.22 bits per heavy atom. The van der Waals surface area contributed by atoms with E-state index in [0.717, 1.165) is 22.4 Å². The van der Waals surface area contributed by atoms with Crippen LogP contribution in [-0.2, 0) is 17.9 Å². The molecule has 3 aromatic carbocycles. The normalized spacial score (nSPS) is 11.8. The maximum atomic E-state index is 13.3. The number of aryl methyl sites for hydroxylation is 1. The third kappa shape index (κ3) is 6.23. The van der Waals surface area contributed by atoms with Gasteiger partial charge in [-0.1, -0.05) is 96.7 Å². The van der Waals surface area contributed by atoms with E-state index in [1.807, 2.05) is 103 Å². The molecular weight excluding hydrogens is 468 g/mol. The molecule has 184 valence electrons. The van der Waals surface area contributed by atoms with Gasteiger partial charge >= 0.3 is 0 Å². The topological polar surface area (TPSA) is 69.0 Å². The number of para-hydroxylation sites is 1. The Morgan fingerprint density at radius 1 is 1.00 bits per heavy atom. The summed E-state index contributed by atoms with van der Waals surface area (Å²) in [6.45, 7) is 8.54. The number of nitrogens with one attached hydrogen (secondary N) is 1. The number of benzene rings is 3. The highest BCUT2D eigenvalue weighted by molar-refractivity contribution is 8.00. The number of nitrogens with zero attached hydrogens (tertiary/aromatic N) is 3. The van der Waals surface area contributed by atoms with E-state index in [4.69, 9.17) is 4.74 Å². The van der Waals surface area contributed by atoms with Crippen molar-refractivity contribution < 1.29 is 9.53 Å². The number of rotatable bonds is 11. The molecule has 36 heavy (non-hydrogen) atoms. The average Bonchev–Trinajstić information content (AvgIpc) is 3.28. The lowest BCUT2D eigenvalue weighted by atomic mass is 9.98. The lowest BCUT2D eigenvalue weighted by molar-refractivity contribution is -0.120. The lowest BCUT2D eigenvalue weighted by Crippen LogP contribution is -2.35. The van der Waals surface area contributed by atoms with Crippen LogP contribution in [0.3, 0.4) is 0 Å². The van der Waals surface area contributed by atoms with Crippen molar-refractivity contribution in [3.05, 3.63) is 120 Å². The Kier molecular flexibility index (Phi) is 8.57. The number of aromatic nitrogens is 3. The van der Waals surface area contributed by atoms with Gasteiger partial charge in [-0.3, -0.25) is 9.36 Å². The second-order valence-electron chi connectivity index (χ2n) is 8.38. The molecule has 6 nitrogen and oxygen atoms in total. The fourth-order valence-corrected chi connectivity index (χ4v) is 4.69. The van der Waals surface area contributed by atoms with E-state index in [-0.39, 0.29) is 18.6 Å². The van der Waals surface area contributed by atoms with Crippen LogP contribution in [-0.4, -0.2) is 25.9 Å². The van der Waals surface area contributed by atoms with Crippen LogP contribution in [0.1, 0.15) is 35.5 Å². The van der Waals surface area contributed by atoms with Crippen LogP contribution in [0, 0.1) is 6.92 Å². The van der Waals surface area contributed by atoms with Gasteiger partial charge in [0.2, 0.25) is 5.91 Å². The first-order chi connectivity index (χ1) is 17.6. The summed E-state index contributed by atoms with van der Waals surface area (Å²) in [6.07, 6.45) is 1.79. The minimum Gasteiger partial charge on any atom is -0.485 e. The Balaban J connectivity index is 1.48. The summed E-state index contributed by atoms with van der Waals surface area (Å²) < 4.78 is 7.92. The minimum atomic E-state index is -0.391. The molecule has 1 heterocycles. The standard InChI is InChI=1S/C29H30N4O2S/c1-4-19-33-26(20-35-25-18-12-11-13-21(25)2)31-32-29(33)36-22(3)28(34)30-27(23-14-7-5-8-15-23)24-16-9-6-10-17-24/h4-18,22,27H,1,19-20H2,2-3H3,(H,30,34)/t22-/m1/s1. The van der Waals surface area contributed by atoms with E-state index in [0.29, 0.717) is 17.5 Å². The van der Waals surface area contributed by atoms with Crippen molar-refractivity contribution in [2.24, 2.45) is 0 Å². The van der Waals surface area contributed by atoms with Crippen LogP contribution in [0.4, 0.5) is 0 Å². The zero-order chi connectivity index (χ0) is 25.3. The second kappa shape index (κ2) is 12.2. The molecule has 0 saturated carbocycles. The quantitative estimate of drug-likeness (QED) is 0.211. The predicted octanol–water partition coefficient (Wildman–Crippen LogP) is 5.74. The van der Waals surface area contributed by atoms with Gasteiger partial charge in [-0.05, 0) is 36.6 Å². The Labute approximate surface area is 216 Å². The number of thioether (sulfide) groups is 1. The number of hydrogen-bond donors (Lipinski definition) is 1. The van der Waals surface area contributed by atoms with Gasteiger partial charge in [0, 0.05) is 6.54 Å². The molecule has 0 radical (unpaired) electrons. The Bertz CT molecular complexity index is 1250. The van der Waals surface area contributed by atoms with Crippen molar-refractivity contribution in [2.45, 2.75) is 43.4 Å². The van der Waals surface area contributed by atoms with Crippen LogP contribution in [0.15, 0.2) is 103 Å². The van der Waals surface area contributed by atoms with Crippen molar-refractivity contribution in [1.82, 2.24) is 20.1 Å². The molecular formula is C29H30N4O2S. The fraction of sp³-hybridized carbons (Fsp3) is 0.207. The smallest absolute Gasteiger partial charge is 0.234 e. The van der Waals surface area contributed by atoms with Crippen molar-refractivity contribution in [3.8, 4) is 5.75 Å². The first-order valence-electron chi connectivity index (χ1n) is 11.8. The zero-order valence-electron chi connectivity index (χ0n) is 20.5. The number of carbonyl (C=O) groups excluding carboxylic acids is 1. The number of carbonyl (C=O) groups is 1. The second-order valence-corrected chi connectivity index (χ2v) is 9.68. The van der Waals surface area contributed by atoms with Crippen LogP contribution >= 0.6 is 11.8 Å². The van der Waals surface area contributed by atoms with Crippen LogP contribution in [0.25, 0.3) is 0 Å². The molecule has 7 heteroatoms. The Morgan fingerprint density at radius 2 is 1.61 bits per heavy atom. The predicted molar refractivity (Wildman–Crippen MR) is 144 cm³/mol. The molecule has 1 N–H and O–H groups in total. The molecule has 0 aliphatic carbocycles. The molecule has 0 aliphatic heterocycles. The highest BCUT2D eigenvalue weighted by atomic mass is 32.2. The molecule has 4 aromatic rings. The van der Waals surface area contributed by atoms with Crippen molar-refractivity contribution >= 4 is 17.7 Å². The SMILES string of the molecule is C=CCn1c(COc2ccccc2C)nnc1S[C@H](C)C(=O)NC(c1ccccc1)c1ccccc1. The van der Waals surface area contributed by atoms with Crippen LogP contribution in [0.5, 0.6) is 5.75 Å². The number of amides is 1. The van der Waals surface area contributed by atoms with Crippen molar-refractivity contribution in [3.63, 3.8) is 0 Å². The molecule has 0 aliphatic rings. The molecule has 0 saturated heterocycles. The third-order valence-electron chi connectivity index (χ3n) is 5.76. The summed E-state index contributed by atoms with van der Waals surface area (Å²) in [6, 6.07) is 27.6. The van der Waals surface area contributed by atoms with Crippen molar-refractivity contribution in [2.75, 3.05) is 0 Å². The van der Waals surface area contributed by atoms with Gasteiger partial charge < -0.3 is 10.1 Å². The van der Waals surface area contributed by atoms with E-state index in [1.54, 1.807) is 6.08 Å². The van der Waals surface area contributed by atoms with E-state index in [2.05, 4.69) is 22.1 Å². The highest BCUT2D eigenvalue weighted by Gasteiger charge is 2.24. The molecule has 0 bridgehead atoms. The van der Waals surface area contributed by atoms with Crippen LogP contribution < -0.4 is 10.1 Å². The summed E-state index contributed by atoms with van der Waals surface area (Å²) >= 11 is 1.37. The van der Waals surface area contributed by atoms with Crippen LogP contribution in [0.2, 0.25) is 0 Å². The summed E-state index contributed by atoms with van der Waals surface area (Å²) in [5, 5.41) is 12.2. The highest BCUT2D eigenvalue weighted by Crippen LogP contribution is 2.27. The average molecular weight is 499 g/mol. The van der Waals surface area contributed by atoms with Crippen molar-refractivity contribution in [1.29, 1.82) is 0 Å². The van der Waals surface area contributed by atoms with Gasteiger partial charge in [-0.15, -0.1) is 16.8 Å². The molecule has 1 aromatic heterocycles. The van der Waals surface area contributed by atoms with E-state index in [9.17, 15) is 4.79 Å². The summed E-state index contributed by atoms with van der Waals surface area (Å²) in [4.78, 5) is 13.3. The maximum Gasteiger partial charge on any atom is 0.234 e. The first-order valence-corrected chi connectivity index (χ1v) is 12.7.